The van der Waals surface area contributed by atoms with Crippen LogP contribution in [0.2, 0.25) is 0 Å². The average Bonchev–Trinajstić information content (AvgIpc) is 3.30. The molecule has 3 fully saturated rings. The summed E-state index contributed by atoms with van der Waals surface area (Å²) in [4.78, 5) is 24.8. The summed E-state index contributed by atoms with van der Waals surface area (Å²) in [6, 6.07) is 8.34. The summed E-state index contributed by atoms with van der Waals surface area (Å²) in [5.74, 6) is -1.85. The summed E-state index contributed by atoms with van der Waals surface area (Å²) in [5.41, 5.74) is 5.19. The highest BCUT2D eigenvalue weighted by molar-refractivity contribution is 6.05. The molecule has 2 amide bonds. The summed E-state index contributed by atoms with van der Waals surface area (Å²) < 4.78 is 53.0. The van der Waals surface area contributed by atoms with E-state index in [4.69, 9.17) is 0 Å². The van der Waals surface area contributed by atoms with Gasteiger partial charge in [0.05, 0.1) is 17.3 Å². The van der Waals surface area contributed by atoms with Gasteiger partial charge in [0.25, 0.3) is 5.91 Å². The quantitative estimate of drug-likeness (QED) is 0.365. The number of hydrogen-bond acceptors (Lipinski definition) is 6. The highest BCUT2D eigenvalue weighted by atomic mass is 19.4. The lowest BCUT2D eigenvalue weighted by atomic mass is 9.74. The van der Waals surface area contributed by atoms with Crippen LogP contribution >= 0.6 is 0 Å². The number of anilines is 2. The predicted molar refractivity (Wildman–Crippen MR) is 120 cm³/mol. The molecule has 35 heavy (non-hydrogen) atoms. The van der Waals surface area contributed by atoms with Crippen molar-refractivity contribution in [2.24, 2.45) is 11.8 Å². The molecule has 0 saturated carbocycles. The molecule has 0 aromatic heterocycles. The van der Waals surface area contributed by atoms with E-state index in [1.807, 2.05) is 0 Å². The molecule has 0 radical (unpaired) electrons. The maximum Gasteiger partial charge on any atom is 0.417 e. The molecule has 3 saturated heterocycles. The van der Waals surface area contributed by atoms with Crippen LogP contribution in [0.4, 0.5) is 28.9 Å². The van der Waals surface area contributed by atoms with E-state index in [0.29, 0.717) is 18.3 Å². The average molecular weight is 492 g/mol. The van der Waals surface area contributed by atoms with Gasteiger partial charge in [-0.05, 0) is 55.4 Å². The third kappa shape index (κ3) is 4.68. The van der Waals surface area contributed by atoms with Crippen molar-refractivity contribution in [2.45, 2.75) is 30.8 Å². The second-order valence-corrected chi connectivity index (χ2v) is 8.94. The van der Waals surface area contributed by atoms with Gasteiger partial charge in [0, 0.05) is 35.8 Å². The zero-order chi connectivity index (χ0) is 24.7. The van der Waals surface area contributed by atoms with Gasteiger partial charge in [-0.1, -0.05) is 0 Å². The zero-order valence-corrected chi connectivity index (χ0v) is 18.4. The fraction of sp³-hybridized carbons (Fsp3) is 0.391. The van der Waals surface area contributed by atoms with Gasteiger partial charge in [0.2, 0.25) is 5.91 Å². The molecular weight excluding hydrogens is 468 g/mol. The first-order valence-corrected chi connectivity index (χ1v) is 11.3. The van der Waals surface area contributed by atoms with Crippen LogP contribution in [0.25, 0.3) is 0 Å². The summed E-state index contributed by atoms with van der Waals surface area (Å²) in [6.07, 6.45) is -4.17. The first-order chi connectivity index (χ1) is 16.7. The molecule has 3 heterocycles. The summed E-state index contributed by atoms with van der Waals surface area (Å²) in [7, 11) is 0. The lowest BCUT2D eigenvalue weighted by Gasteiger charge is -2.47. The van der Waals surface area contributed by atoms with Crippen molar-refractivity contribution in [1.82, 2.24) is 21.5 Å². The van der Waals surface area contributed by atoms with Gasteiger partial charge < -0.3 is 16.0 Å². The molecule has 2 aromatic carbocycles. The first kappa shape index (κ1) is 23.5. The number of rotatable bonds is 4. The molecule has 12 heteroatoms. The SMILES string of the molecule is O=C(Nc1ccc(NC2CCNC3NC(=O)C4NNCC4C23)cc1)c1ccc(F)cc1C(F)(F)F. The van der Waals surface area contributed by atoms with Crippen molar-refractivity contribution in [1.29, 1.82) is 0 Å². The zero-order valence-electron chi connectivity index (χ0n) is 18.4. The number of alkyl halides is 3. The third-order valence-electron chi connectivity index (χ3n) is 6.79. The van der Waals surface area contributed by atoms with E-state index < -0.39 is 29.0 Å². The van der Waals surface area contributed by atoms with Crippen molar-refractivity contribution in [3.05, 3.63) is 59.4 Å². The molecule has 3 aliphatic rings. The molecular formula is C23H24F4N6O2. The molecule has 5 rings (SSSR count). The predicted octanol–water partition coefficient (Wildman–Crippen LogP) is 2.04. The molecule has 186 valence electrons. The Labute approximate surface area is 198 Å². The first-order valence-electron chi connectivity index (χ1n) is 11.3. The Kier molecular flexibility index (Phi) is 6.11. The molecule has 0 spiro atoms. The molecule has 0 aliphatic carbocycles. The molecule has 6 N–H and O–H groups in total. The Morgan fingerprint density at radius 3 is 2.54 bits per heavy atom. The van der Waals surface area contributed by atoms with Crippen molar-refractivity contribution in [2.75, 3.05) is 23.7 Å². The lowest BCUT2D eigenvalue weighted by molar-refractivity contribution is -0.138. The van der Waals surface area contributed by atoms with Crippen LogP contribution < -0.4 is 32.1 Å². The fourth-order valence-corrected chi connectivity index (χ4v) is 5.20. The number of carbonyl (C=O) groups is 2. The minimum Gasteiger partial charge on any atom is -0.382 e. The summed E-state index contributed by atoms with van der Waals surface area (Å²) >= 11 is 0. The number of fused-ring (bicyclic) bond motifs is 3. The maximum atomic E-state index is 13.3. The van der Waals surface area contributed by atoms with E-state index >= 15 is 0 Å². The molecule has 8 nitrogen and oxygen atoms in total. The van der Waals surface area contributed by atoms with Crippen molar-refractivity contribution < 1.29 is 27.2 Å². The van der Waals surface area contributed by atoms with E-state index in [1.165, 1.54) is 0 Å². The number of piperidine rings is 2. The number of halogens is 4. The van der Waals surface area contributed by atoms with Gasteiger partial charge in [0.1, 0.15) is 11.9 Å². The van der Waals surface area contributed by atoms with Crippen molar-refractivity contribution >= 4 is 23.2 Å². The Balaban J connectivity index is 1.28. The summed E-state index contributed by atoms with van der Waals surface area (Å²) in [5, 5.41) is 12.3. The third-order valence-corrected chi connectivity index (χ3v) is 6.79. The monoisotopic (exact) mass is 492 g/mol. The Morgan fingerprint density at radius 2 is 1.80 bits per heavy atom. The van der Waals surface area contributed by atoms with Gasteiger partial charge in [-0.3, -0.25) is 20.3 Å². The van der Waals surface area contributed by atoms with Gasteiger partial charge >= 0.3 is 6.18 Å². The van der Waals surface area contributed by atoms with Crippen molar-refractivity contribution in [3.63, 3.8) is 0 Å². The van der Waals surface area contributed by atoms with Gasteiger partial charge in [-0.2, -0.15) is 13.2 Å². The fourth-order valence-electron chi connectivity index (χ4n) is 5.20. The van der Waals surface area contributed by atoms with Gasteiger partial charge in [-0.25, -0.2) is 9.82 Å². The summed E-state index contributed by atoms with van der Waals surface area (Å²) in [6.45, 7) is 1.40. The molecule has 5 atom stereocenters. The smallest absolute Gasteiger partial charge is 0.382 e. The van der Waals surface area contributed by atoms with E-state index in [0.717, 1.165) is 30.8 Å². The van der Waals surface area contributed by atoms with Crippen LogP contribution in [-0.4, -0.2) is 43.2 Å². The molecule has 3 aliphatic heterocycles. The second kappa shape index (κ2) is 9.10. The Hall–Kier alpha value is -3.22. The lowest BCUT2D eigenvalue weighted by Crippen LogP contribution is -2.69. The highest BCUT2D eigenvalue weighted by Crippen LogP contribution is 2.35. The van der Waals surface area contributed by atoms with Crippen LogP contribution in [0, 0.1) is 17.7 Å². The minimum absolute atomic E-state index is 0.0377. The number of hydrazine groups is 1. The van der Waals surface area contributed by atoms with E-state index in [9.17, 15) is 27.2 Å². The van der Waals surface area contributed by atoms with Crippen molar-refractivity contribution in [3.8, 4) is 0 Å². The molecule has 0 bridgehead atoms. The largest absolute Gasteiger partial charge is 0.417 e. The van der Waals surface area contributed by atoms with Crippen LogP contribution in [-0.2, 0) is 11.0 Å². The second-order valence-electron chi connectivity index (χ2n) is 8.94. The number of benzene rings is 2. The van der Waals surface area contributed by atoms with Crippen LogP contribution in [0.3, 0.4) is 0 Å². The van der Waals surface area contributed by atoms with Crippen LogP contribution in [0.5, 0.6) is 0 Å². The Morgan fingerprint density at radius 1 is 1.06 bits per heavy atom. The Bertz CT molecular complexity index is 1130. The number of nitrogens with one attached hydrogen (secondary N) is 6. The van der Waals surface area contributed by atoms with E-state index in [1.54, 1.807) is 24.3 Å². The van der Waals surface area contributed by atoms with E-state index in [-0.39, 0.29) is 36.0 Å². The van der Waals surface area contributed by atoms with Gasteiger partial charge in [0.15, 0.2) is 0 Å². The van der Waals surface area contributed by atoms with E-state index in [2.05, 4.69) is 32.1 Å². The normalized spacial score (nSPS) is 28.0. The molecule has 5 unspecified atom stereocenters. The standard InChI is InChI=1S/C23H24F4N6O2/c24-11-1-6-14(16(9-11)23(25,26)27)21(34)31-13-4-2-12(3-5-13)30-17-7-8-28-20-18(17)15-10-29-33-19(15)22(35)32-20/h1-6,9,15,17-20,28-30,33H,7-8,10H2,(H,31,34)(H,32,35). The number of hydrogen-bond donors (Lipinski definition) is 6. The van der Waals surface area contributed by atoms with Crippen LogP contribution in [0.1, 0.15) is 22.3 Å². The number of carbonyl (C=O) groups excluding carboxylic acids is 2. The minimum atomic E-state index is -4.86. The van der Waals surface area contributed by atoms with Crippen LogP contribution in [0.15, 0.2) is 42.5 Å². The maximum absolute atomic E-state index is 13.3. The van der Waals surface area contributed by atoms with Gasteiger partial charge in [-0.15, -0.1) is 0 Å². The highest BCUT2D eigenvalue weighted by Gasteiger charge is 2.50. The molecule has 2 aromatic rings. The number of amides is 2. The topological polar surface area (TPSA) is 106 Å².